The standard InChI is InChI=1S/C40H26N2.2C39H25N3/c1-4-14-34-29(9-1)12-7-16-36(34)39-24-32(25-40(42-39)37-17-8-13-30-10-2-5-15-35(30)37)27-19-21-28(22-20-27)33-23-31-11-3-6-18-38(31)41-26-33;1-4-17-31-26(10-1)13-8-19-33(31)37-25-38(34-20-9-14-27-11-2-5-18-32(27)34)42-39(41-37)30-16-7-15-29(24-30)36-23-22-28-12-3-6-21-35(28)40-36;1-4-14-32-27(9-1)12-7-16-34(32)37-24-38(35-17-8-13-28-10-2-5-15-33(28)35)42-39(41-37)29-21-19-26(20-22-29)31-23-30-11-3-6-18-36(30)40-25-31/h1-26H;2*1-25H. The fourth-order valence-electron chi connectivity index (χ4n) is 17.5. The maximum atomic E-state index is 5.29. The van der Waals surface area contributed by atoms with Crippen LogP contribution >= 0.6 is 0 Å². The number of aromatic nitrogens is 8. The van der Waals surface area contributed by atoms with Gasteiger partial charge >= 0.3 is 0 Å². The fourth-order valence-corrected chi connectivity index (χ4v) is 17.5. The van der Waals surface area contributed by atoms with Crippen LogP contribution in [0.25, 0.3) is 232 Å². The summed E-state index contributed by atoms with van der Waals surface area (Å²) >= 11 is 0. The Morgan fingerprint density at radius 1 is 0.127 bits per heavy atom. The molecule has 24 aromatic rings. The van der Waals surface area contributed by atoms with Gasteiger partial charge in [0.2, 0.25) is 0 Å². The van der Waals surface area contributed by atoms with Gasteiger partial charge in [0.05, 0.1) is 56.4 Å². The third-order valence-electron chi connectivity index (χ3n) is 23.9. The molecule has 24 rings (SSSR count). The monoisotopic (exact) mass is 1600 g/mol. The van der Waals surface area contributed by atoms with Crippen LogP contribution in [0, 0.1) is 0 Å². The molecule has 8 heteroatoms. The molecule has 6 heterocycles. The van der Waals surface area contributed by atoms with Gasteiger partial charge in [-0.1, -0.05) is 382 Å². The van der Waals surface area contributed by atoms with E-state index >= 15 is 0 Å². The predicted molar refractivity (Wildman–Crippen MR) is 524 cm³/mol. The SMILES string of the molecule is c1cc(-c2ccc3ccccc3n2)cc(-c2nc(-c3cccc4ccccc34)cc(-c3cccc4ccccc34)n2)c1.c1ccc2ncc(-c3ccc(-c4cc(-c5cccc6ccccc56)nc(-c5cccc6ccccc56)c4)cc3)cc2c1.c1ccc2ncc(-c3ccc(-c4nc(-c5cccc6ccccc56)cc(-c5cccc6ccccc56)n4)cc3)cc2c1. The second-order valence-electron chi connectivity index (χ2n) is 31.7. The van der Waals surface area contributed by atoms with Gasteiger partial charge in [-0.3, -0.25) is 9.97 Å². The minimum Gasteiger partial charge on any atom is -0.256 e. The lowest BCUT2D eigenvalue weighted by molar-refractivity contribution is 1.19. The quantitative estimate of drug-likeness (QED) is 0.119. The van der Waals surface area contributed by atoms with Crippen LogP contribution in [0.3, 0.4) is 0 Å². The summed E-state index contributed by atoms with van der Waals surface area (Å²) in [6, 6.07) is 157. The summed E-state index contributed by atoms with van der Waals surface area (Å²) in [6.07, 6.45) is 3.90. The molecule has 8 nitrogen and oxygen atoms in total. The Morgan fingerprint density at radius 2 is 0.405 bits per heavy atom. The molecule has 0 atom stereocenters. The minimum absolute atomic E-state index is 0.686. The Morgan fingerprint density at radius 3 is 0.778 bits per heavy atom. The number of para-hydroxylation sites is 3. The van der Waals surface area contributed by atoms with Crippen molar-refractivity contribution in [3.05, 3.63) is 461 Å². The average Bonchev–Trinajstić information content (AvgIpc) is 0.775. The van der Waals surface area contributed by atoms with Crippen molar-refractivity contribution in [1.29, 1.82) is 0 Å². The highest BCUT2D eigenvalue weighted by molar-refractivity contribution is 6.04. The molecule has 0 spiro atoms. The van der Waals surface area contributed by atoms with Gasteiger partial charge in [-0.05, 0) is 154 Å². The van der Waals surface area contributed by atoms with E-state index in [1.54, 1.807) is 0 Å². The topological polar surface area (TPSA) is 103 Å². The molecule has 588 valence electrons. The highest BCUT2D eigenvalue weighted by Gasteiger charge is 2.20. The van der Waals surface area contributed by atoms with E-state index in [-0.39, 0.29) is 0 Å². The van der Waals surface area contributed by atoms with E-state index in [9.17, 15) is 0 Å². The normalized spacial score (nSPS) is 11.3. The molecule has 0 bridgehead atoms. The maximum Gasteiger partial charge on any atom is 0.160 e. The fraction of sp³-hybridized carbons (Fsp3) is 0. The van der Waals surface area contributed by atoms with Gasteiger partial charge < -0.3 is 0 Å². The van der Waals surface area contributed by atoms with E-state index in [4.69, 9.17) is 29.9 Å². The molecular weight excluding hydrogens is 1530 g/mol. The van der Waals surface area contributed by atoms with Crippen molar-refractivity contribution in [2.24, 2.45) is 0 Å². The zero-order chi connectivity index (χ0) is 83.6. The number of pyridine rings is 4. The lowest BCUT2D eigenvalue weighted by atomic mass is 9.95. The minimum atomic E-state index is 0.686. The molecule has 6 aromatic heterocycles. The molecule has 0 unspecified atom stereocenters. The number of hydrogen-bond acceptors (Lipinski definition) is 8. The Kier molecular flexibility index (Phi) is 19.9. The zero-order valence-electron chi connectivity index (χ0n) is 68.5. The summed E-state index contributed by atoms with van der Waals surface area (Å²) in [4.78, 5) is 40.2. The summed E-state index contributed by atoms with van der Waals surface area (Å²) in [5.74, 6) is 1.39. The van der Waals surface area contributed by atoms with Gasteiger partial charge in [0.1, 0.15) is 0 Å². The molecule has 0 aliphatic rings. The number of rotatable bonds is 12. The van der Waals surface area contributed by atoms with E-state index in [0.717, 1.165) is 156 Å². The van der Waals surface area contributed by atoms with Gasteiger partial charge in [0.15, 0.2) is 11.6 Å². The van der Waals surface area contributed by atoms with Gasteiger partial charge in [-0.25, -0.2) is 29.9 Å². The highest BCUT2D eigenvalue weighted by atomic mass is 14.9. The average molecular weight is 1610 g/mol. The molecule has 0 saturated heterocycles. The predicted octanol–water partition coefficient (Wildman–Crippen LogP) is 30.6. The summed E-state index contributed by atoms with van der Waals surface area (Å²) in [6.45, 7) is 0. The number of benzene rings is 18. The number of hydrogen-bond donors (Lipinski definition) is 0. The van der Waals surface area contributed by atoms with E-state index in [1.165, 1.54) is 64.6 Å². The Bertz CT molecular complexity index is 7660. The first-order chi connectivity index (χ1) is 62.4. The van der Waals surface area contributed by atoms with Crippen LogP contribution in [0.4, 0.5) is 0 Å². The summed E-state index contributed by atoms with van der Waals surface area (Å²) < 4.78 is 0. The maximum absolute atomic E-state index is 5.29. The summed E-state index contributed by atoms with van der Waals surface area (Å²) in [7, 11) is 0. The highest BCUT2D eigenvalue weighted by Crippen LogP contribution is 2.42. The third-order valence-corrected chi connectivity index (χ3v) is 23.9. The first-order valence-corrected chi connectivity index (χ1v) is 42.5. The van der Waals surface area contributed by atoms with E-state index in [2.05, 4.69) is 416 Å². The smallest absolute Gasteiger partial charge is 0.160 e. The van der Waals surface area contributed by atoms with Crippen molar-refractivity contribution in [2.45, 2.75) is 0 Å². The number of fused-ring (bicyclic) bond motifs is 9. The van der Waals surface area contributed by atoms with Gasteiger partial charge in [-0.15, -0.1) is 0 Å². The first-order valence-electron chi connectivity index (χ1n) is 42.5. The van der Waals surface area contributed by atoms with Crippen molar-refractivity contribution < 1.29 is 0 Å². The molecule has 0 fully saturated rings. The summed E-state index contributed by atoms with van der Waals surface area (Å²) in [5, 5.41) is 17.7. The van der Waals surface area contributed by atoms with Crippen LogP contribution in [0.1, 0.15) is 0 Å². The van der Waals surface area contributed by atoms with E-state index in [1.807, 2.05) is 54.9 Å². The van der Waals surface area contributed by atoms with Crippen LogP contribution in [0.2, 0.25) is 0 Å². The summed E-state index contributed by atoms with van der Waals surface area (Å²) in [5.41, 5.74) is 25.8. The van der Waals surface area contributed by atoms with Crippen LogP contribution < -0.4 is 0 Å². The molecule has 0 N–H and O–H groups in total. The van der Waals surface area contributed by atoms with Crippen molar-refractivity contribution >= 4 is 97.3 Å². The van der Waals surface area contributed by atoms with Crippen molar-refractivity contribution in [3.63, 3.8) is 0 Å². The van der Waals surface area contributed by atoms with E-state index < -0.39 is 0 Å². The Balaban J connectivity index is 0.000000112. The van der Waals surface area contributed by atoms with Crippen molar-refractivity contribution in [2.75, 3.05) is 0 Å². The Hall–Kier alpha value is -16.9. The Labute approximate surface area is 728 Å². The molecule has 0 saturated carbocycles. The van der Waals surface area contributed by atoms with Crippen molar-refractivity contribution in [3.8, 4) is 135 Å². The molecule has 0 radical (unpaired) electrons. The largest absolute Gasteiger partial charge is 0.256 e. The van der Waals surface area contributed by atoms with Gasteiger partial charge in [0.25, 0.3) is 0 Å². The second kappa shape index (κ2) is 33.2. The number of nitrogens with zero attached hydrogens (tertiary/aromatic N) is 8. The van der Waals surface area contributed by atoms with Gasteiger partial charge in [0, 0.05) is 89.8 Å². The molecule has 18 aromatic carbocycles. The van der Waals surface area contributed by atoms with Crippen molar-refractivity contribution in [1.82, 2.24) is 39.9 Å². The van der Waals surface area contributed by atoms with Crippen LogP contribution in [-0.4, -0.2) is 39.9 Å². The van der Waals surface area contributed by atoms with Gasteiger partial charge in [-0.2, -0.15) is 0 Å². The van der Waals surface area contributed by atoms with Crippen LogP contribution in [0.15, 0.2) is 461 Å². The molecule has 0 aliphatic carbocycles. The van der Waals surface area contributed by atoms with E-state index in [0.29, 0.717) is 11.6 Å². The third kappa shape index (κ3) is 15.0. The molecular formula is C118H76N8. The lowest BCUT2D eigenvalue weighted by Crippen LogP contribution is -1.97. The molecule has 0 amide bonds. The second-order valence-corrected chi connectivity index (χ2v) is 31.7. The first kappa shape index (κ1) is 75.3. The van der Waals surface area contributed by atoms with Crippen LogP contribution in [-0.2, 0) is 0 Å². The zero-order valence-corrected chi connectivity index (χ0v) is 68.5. The molecule has 0 aliphatic heterocycles. The van der Waals surface area contributed by atoms with Crippen LogP contribution in [0.5, 0.6) is 0 Å². The molecule has 126 heavy (non-hydrogen) atoms. The lowest BCUT2D eigenvalue weighted by Gasteiger charge is -2.14.